The Hall–Kier alpha value is -3.11. The van der Waals surface area contributed by atoms with Gasteiger partial charge in [0.2, 0.25) is 0 Å². The molecule has 0 saturated carbocycles. The van der Waals surface area contributed by atoms with E-state index >= 15 is 0 Å². The molecule has 0 bridgehead atoms. The number of amides is 2. The molecular weight excluding hydrogens is 444 g/mol. The van der Waals surface area contributed by atoms with Crippen LogP contribution in [-0.4, -0.2) is 47.7 Å². The molecule has 1 saturated heterocycles. The van der Waals surface area contributed by atoms with Crippen LogP contribution in [0.2, 0.25) is 0 Å². The molecule has 1 aromatic rings. The van der Waals surface area contributed by atoms with Crippen LogP contribution in [0.4, 0.5) is 17.6 Å². The number of hydrogen-bond donors (Lipinski definition) is 1. The Labute approximate surface area is 187 Å². The van der Waals surface area contributed by atoms with Gasteiger partial charge in [0.1, 0.15) is 11.6 Å². The predicted molar refractivity (Wildman–Crippen MR) is 109 cm³/mol. The summed E-state index contributed by atoms with van der Waals surface area (Å²) in [5.41, 5.74) is -0.810. The van der Waals surface area contributed by atoms with Crippen LogP contribution < -0.4 is 5.32 Å². The van der Waals surface area contributed by atoms with E-state index < -0.39 is 47.4 Å². The van der Waals surface area contributed by atoms with Crippen molar-refractivity contribution >= 4 is 17.6 Å². The van der Waals surface area contributed by atoms with Crippen molar-refractivity contribution in [2.45, 2.75) is 51.4 Å². The maximum absolute atomic E-state index is 13.5. The van der Waals surface area contributed by atoms with Gasteiger partial charge >= 0.3 is 18.0 Å². The first-order valence-electron chi connectivity index (χ1n) is 10.6. The van der Waals surface area contributed by atoms with Gasteiger partial charge in [0, 0.05) is 24.9 Å². The molecule has 1 N–H and O–H groups in total. The molecule has 178 valence electrons. The smallest absolute Gasteiger partial charge is 0.339 e. The van der Waals surface area contributed by atoms with Gasteiger partial charge in [-0.05, 0) is 43.5 Å². The van der Waals surface area contributed by atoms with Gasteiger partial charge in [-0.2, -0.15) is 23.4 Å². The summed E-state index contributed by atoms with van der Waals surface area (Å²) in [6.07, 6.45) is -2.65. The first-order chi connectivity index (χ1) is 15.5. The number of halogens is 4. The molecule has 0 unspecified atom stereocenters. The third-order valence-corrected chi connectivity index (χ3v) is 5.98. The predicted octanol–water partition coefficient (Wildman–Crippen LogP) is 3.44. The Morgan fingerprint density at radius 3 is 2.61 bits per heavy atom. The van der Waals surface area contributed by atoms with Crippen LogP contribution >= 0.6 is 0 Å². The lowest BCUT2D eigenvalue weighted by molar-refractivity contribution is -0.147. The van der Waals surface area contributed by atoms with E-state index in [1.165, 1.54) is 4.90 Å². The summed E-state index contributed by atoms with van der Waals surface area (Å²) in [5, 5.41) is 10.4. The fourth-order valence-corrected chi connectivity index (χ4v) is 4.13. The summed E-state index contributed by atoms with van der Waals surface area (Å²) >= 11 is 0. The molecule has 3 rings (SSSR count). The van der Waals surface area contributed by atoms with E-state index in [9.17, 15) is 31.9 Å². The highest BCUT2D eigenvalue weighted by atomic mass is 19.4. The van der Waals surface area contributed by atoms with Crippen LogP contribution in [0.5, 0.6) is 0 Å². The summed E-state index contributed by atoms with van der Waals surface area (Å²) < 4.78 is 52.3. The minimum atomic E-state index is -4.87. The van der Waals surface area contributed by atoms with Crippen LogP contribution in [0.1, 0.15) is 37.8 Å². The lowest BCUT2D eigenvalue weighted by Gasteiger charge is -2.25. The zero-order chi connectivity index (χ0) is 24.3. The van der Waals surface area contributed by atoms with Crippen LogP contribution in [0.25, 0.3) is 0 Å². The Bertz CT molecular complexity index is 1010. The van der Waals surface area contributed by atoms with Gasteiger partial charge in [0.25, 0.3) is 0 Å². The lowest BCUT2D eigenvalue weighted by atomic mass is 9.91. The molecule has 0 spiro atoms. The molecule has 2 aliphatic rings. The van der Waals surface area contributed by atoms with Crippen molar-refractivity contribution in [1.29, 1.82) is 0 Å². The standard InChI is InChI=1S/C22H24F4N4O3/c1-3-17(18-6-8-27-29-18)28-20(32)21(33)30-9-7-14(12(30)2)19(31)11-13-4-5-16(23)15(10-13)22(24,25)26/h4-6,10,12,14,17H,3,7-9,11H2,1-2H3,(H,28,32)/t12-,14-,17-/m0/s1. The zero-order valence-electron chi connectivity index (χ0n) is 18.2. The Morgan fingerprint density at radius 1 is 1.27 bits per heavy atom. The molecule has 1 fully saturated rings. The first kappa shape index (κ1) is 24.5. The van der Waals surface area contributed by atoms with Crippen molar-refractivity contribution in [3.63, 3.8) is 0 Å². The quantitative estimate of drug-likeness (QED) is 0.512. The van der Waals surface area contributed by atoms with Crippen LogP contribution in [0.15, 0.2) is 40.2 Å². The van der Waals surface area contributed by atoms with E-state index in [0.29, 0.717) is 30.8 Å². The van der Waals surface area contributed by atoms with E-state index in [1.807, 2.05) is 6.92 Å². The zero-order valence-corrected chi connectivity index (χ0v) is 18.2. The minimum Gasteiger partial charge on any atom is -0.339 e. The molecule has 33 heavy (non-hydrogen) atoms. The van der Waals surface area contributed by atoms with E-state index in [4.69, 9.17) is 0 Å². The highest BCUT2D eigenvalue weighted by molar-refractivity contribution is 6.35. The van der Waals surface area contributed by atoms with Crippen molar-refractivity contribution in [3.8, 4) is 0 Å². The second-order valence-electron chi connectivity index (χ2n) is 8.08. The summed E-state index contributed by atoms with van der Waals surface area (Å²) in [6, 6.07) is 1.39. The van der Waals surface area contributed by atoms with Crippen LogP contribution in [-0.2, 0) is 27.0 Å². The van der Waals surface area contributed by atoms with E-state index in [1.54, 1.807) is 13.0 Å². The molecular formula is C22H24F4N4O3. The maximum Gasteiger partial charge on any atom is 0.419 e. The fraction of sp³-hybridized carbons (Fsp3) is 0.500. The molecule has 2 heterocycles. The van der Waals surface area contributed by atoms with Gasteiger partial charge in [-0.3, -0.25) is 14.4 Å². The minimum absolute atomic E-state index is 0.0354. The number of azo groups is 1. The molecule has 2 aliphatic heterocycles. The van der Waals surface area contributed by atoms with Gasteiger partial charge in [-0.25, -0.2) is 4.39 Å². The summed E-state index contributed by atoms with van der Waals surface area (Å²) in [6.45, 7) is 4.04. The molecule has 11 heteroatoms. The van der Waals surface area contributed by atoms with Crippen LogP contribution in [0, 0.1) is 11.7 Å². The molecule has 7 nitrogen and oxygen atoms in total. The van der Waals surface area contributed by atoms with E-state index in [0.717, 1.165) is 6.07 Å². The third kappa shape index (κ3) is 5.45. The maximum atomic E-state index is 13.5. The number of alkyl halides is 3. The number of likely N-dealkylation sites (tertiary alicyclic amines) is 1. The highest BCUT2D eigenvalue weighted by Crippen LogP contribution is 2.33. The van der Waals surface area contributed by atoms with Gasteiger partial charge in [0.05, 0.1) is 23.8 Å². The Balaban J connectivity index is 1.63. The van der Waals surface area contributed by atoms with Gasteiger partial charge in [0.15, 0.2) is 0 Å². The van der Waals surface area contributed by atoms with Gasteiger partial charge in [-0.1, -0.05) is 13.0 Å². The lowest BCUT2D eigenvalue weighted by Crippen LogP contribution is -2.48. The number of ketones is 1. The molecule has 0 radical (unpaired) electrons. The number of carbonyl (C=O) groups is 3. The molecule has 2 amide bonds. The van der Waals surface area contributed by atoms with Crippen molar-refractivity contribution in [1.82, 2.24) is 10.2 Å². The van der Waals surface area contributed by atoms with Gasteiger partial charge in [-0.15, -0.1) is 0 Å². The number of benzene rings is 1. The summed E-state index contributed by atoms with van der Waals surface area (Å²) in [7, 11) is 0. The SMILES string of the molecule is CC[C@H](NC(=O)C(=O)N1CC[C@H](C(=O)Cc2ccc(F)c(C(F)(F)F)c2)[C@@H]1C)C1=CCN=N1. The van der Waals surface area contributed by atoms with E-state index in [-0.39, 0.29) is 30.7 Å². The summed E-state index contributed by atoms with van der Waals surface area (Å²) in [4.78, 5) is 39.3. The highest BCUT2D eigenvalue weighted by Gasteiger charge is 2.40. The van der Waals surface area contributed by atoms with Gasteiger partial charge < -0.3 is 10.2 Å². The summed E-state index contributed by atoms with van der Waals surface area (Å²) in [5.74, 6) is -4.03. The van der Waals surface area contributed by atoms with Crippen molar-refractivity contribution < 1.29 is 31.9 Å². The number of carbonyl (C=O) groups excluding carboxylic acids is 3. The molecule has 3 atom stereocenters. The number of hydrogen-bond acceptors (Lipinski definition) is 5. The topological polar surface area (TPSA) is 91.2 Å². The Kier molecular flexibility index (Phi) is 7.28. The second-order valence-corrected chi connectivity index (χ2v) is 8.08. The average molecular weight is 468 g/mol. The third-order valence-electron chi connectivity index (χ3n) is 5.98. The van der Waals surface area contributed by atoms with Crippen molar-refractivity contribution in [2.24, 2.45) is 16.1 Å². The largest absolute Gasteiger partial charge is 0.419 e. The molecule has 0 aromatic heterocycles. The number of nitrogens with one attached hydrogen (secondary N) is 1. The van der Waals surface area contributed by atoms with E-state index in [2.05, 4.69) is 15.5 Å². The number of rotatable bonds is 6. The second kappa shape index (κ2) is 9.80. The monoisotopic (exact) mass is 468 g/mol. The average Bonchev–Trinajstić information content (AvgIpc) is 3.42. The van der Waals surface area contributed by atoms with Crippen molar-refractivity contribution in [3.05, 3.63) is 46.9 Å². The molecule has 0 aliphatic carbocycles. The normalized spacial score (nSPS) is 21.2. The fourth-order valence-electron chi connectivity index (χ4n) is 4.13. The van der Waals surface area contributed by atoms with Crippen LogP contribution in [0.3, 0.4) is 0 Å². The number of Topliss-reactive ketones (excluding diaryl/α,β-unsaturated/α-hetero) is 1. The molecule has 1 aromatic carbocycles. The first-order valence-corrected chi connectivity index (χ1v) is 10.6. The Morgan fingerprint density at radius 2 is 2.00 bits per heavy atom. The van der Waals surface area contributed by atoms with Crippen molar-refractivity contribution in [2.75, 3.05) is 13.1 Å². The number of nitrogens with zero attached hydrogens (tertiary/aromatic N) is 3.